The Kier molecular flexibility index (Phi) is 7.98. The van der Waals surface area contributed by atoms with Gasteiger partial charge in [0.25, 0.3) is 5.88 Å². The number of halogens is 1. The van der Waals surface area contributed by atoms with Crippen LogP contribution >= 0.6 is 11.6 Å². The van der Waals surface area contributed by atoms with Gasteiger partial charge in [-0.2, -0.15) is 0 Å². The lowest BCUT2D eigenvalue weighted by Gasteiger charge is -2.17. The van der Waals surface area contributed by atoms with Gasteiger partial charge < -0.3 is 4.74 Å². The standard InChI is InChI=1S/C16H24ClN3O/c1-5-7-12(3)14(13(4)18-6-2)8-11-21-16-15(17)19-9-10-20-16/h6,9-10,12H,5,7-8,11H2,1-4H3/b14-13-,18-6?. The Morgan fingerprint density at radius 1 is 1.43 bits per heavy atom. The van der Waals surface area contributed by atoms with E-state index in [2.05, 4.69) is 35.7 Å². The highest BCUT2D eigenvalue weighted by atomic mass is 35.5. The summed E-state index contributed by atoms with van der Waals surface area (Å²) in [4.78, 5) is 12.4. The number of rotatable bonds is 8. The van der Waals surface area contributed by atoms with Crippen LogP contribution in [-0.4, -0.2) is 22.8 Å². The minimum atomic E-state index is 0.299. The number of hydrogen-bond donors (Lipinski definition) is 0. The summed E-state index contributed by atoms with van der Waals surface area (Å²) >= 11 is 5.93. The third kappa shape index (κ3) is 5.84. The monoisotopic (exact) mass is 309 g/mol. The summed E-state index contributed by atoms with van der Waals surface area (Å²) in [6, 6.07) is 0. The van der Waals surface area contributed by atoms with Crippen molar-refractivity contribution in [2.24, 2.45) is 10.9 Å². The molecule has 1 aromatic heterocycles. The van der Waals surface area contributed by atoms with Crippen molar-refractivity contribution in [2.75, 3.05) is 6.61 Å². The highest BCUT2D eigenvalue weighted by Gasteiger charge is 2.12. The van der Waals surface area contributed by atoms with Crippen LogP contribution in [0.2, 0.25) is 5.15 Å². The van der Waals surface area contributed by atoms with Gasteiger partial charge in [-0.15, -0.1) is 0 Å². The Morgan fingerprint density at radius 3 is 2.76 bits per heavy atom. The van der Waals surface area contributed by atoms with E-state index in [-0.39, 0.29) is 0 Å². The Bertz CT molecular complexity index is 500. The third-order valence-electron chi connectivity index (χ3n) is 3.34. The fraction of sp³-hybridized carbons (Fsp3) is 0.562. The summed E-state index contributed by atoms with van der Waals surface area (Å²) in [6.45, 7) is 8.95. The van der Waals surface area contributed by atoms with Gasteiger partial charge in [-0.05, 0) is 31.8 Å². The summed E-state index contributed by atoms with van der Waals surface area (Å²) in [5.41, 5.74) is 2.40. The minimum absolute atomic E-state index is 0.299. The molecular formula is C16H24ClN3O. The van der Waals surface area contributed by atoms with Gasteiger partial charge in [0.15, 0.2) is 5.15 Å². The molecule has 4 nitrogen and oxygen atoms in total. The highest BCUT2D eigenvalue weighted by molar-refractivity contribution is 6.30. The smallest absolute Gasteiger partial charge is 0.252 e. The molecule has 0 fully saturated rings. The maximum Gasteiger partial charge on any atom is 0.252 e. The van der Waals surface area contributed by atoms with Gasteiger partial charge in [-0.3, -0.25) is 4.99 Å². The van der Waals surface area contributed by atoms with Crippen molar-refractivity contribution in [3.8, 4) is 5.88 Å². The lowest BCUT2D eigenvalue weighted by Crippen LogP contribution is -2.08. The summed E-state index contributed by atoms with van der Waals surface area (Å²) < 4.78 is 5.63. The molecule has 1 atom stereocenters. The van der Waals surface area contributed by atoms with E-state index in [1.807, 2.05) is 13.1 Å². The predicted molar refractivity (Wildman–Crippen MR) is 88.1 cm³/mol. The second-order valence-corrected chi connectivity index (χ2v) is 5.30. The fourth-order valence-corrected chi connectivity index (χ4v) is 2.49. The maximum absolute atomic E-state index is 5.93. The van der Waals surface area contributed by atoms with Gasteiger partial charge in [-0.25, -0.2) is 9.97 Å². The van der Waals surface area contributed by atoms with Gasteiger partial charge in [-0.1, -0.05) is 31.9 Å². The van der Waals surface area contributed by atoms with Crippen LogP contribution in [0.25, 0.3) is 0 Å². The summed E-state index contributed by atoms with van der Waals surface area (Å²) in [5.74, 6) is 0.887. The van der Waals surface area contributed by atoms with Gasteiger partial charge in [0.1, 0.15) is 0 Å². The molecular weight excluding hydrogens is 286 g/mol. The van der Waals surface area contributed by atoms with E-state index in [4.69, 9.17) is 16.3 Å². The molecule has 21 heavy (non-hydrogen) atoms. The van der Waals surface area contributed by atoms with Gasteiger partial charge in [0.05, 0.1) is 6.61 Å². The first-order chi connectivity index (χ1) is 10.1. The van der Waals surface area contributed by atoms with Crippen molar-refractivity contribution in [3.63, 3.8) is 0 Å². The number of aliphatic imine (C=N–C) groups is 1. The number of ether oxygens (including phenoxy) is 1. The van der Waals surface area contributed by atoms with Crippen LogP contribution in [0.15, 0.2) is 28.7 Å². The van der Waals surface area contributed by atoms with Gasteiger partial charge in [0, 0.05) is 30.7 Å². The molecule has 1 heterocycles. The minimum Gasteiger partial charge on any atom is -0.475 e. The van der Waals surface area contributed by atoms with Crippen LogP contribution in [-0.2, 0) is 0 Å². The molecule has 116 valence electrons. The average Bonchev–Trinajstić information content (AvgIpc) is 2.45. The largest absolute Gasteiger partial charge is 0.475 e. The zero-order chi connectivity index (χ0) is 15.7. The summed E-state index contributed by atoms with van der Waals surface area (Å²) in [7, 11) is 0. The summed E-state index contributed by atoms with van der Waals surface area (Å²) in [6.07, 6.45) is 8.07. The van der Waals surface area contributed by atoms with E-state index in [0.29, 0.717) is 23.6 Å². The fourth-order valence-electron chi connectivity index (χ4n) is 2.33. The van der Waals surface area contributed by atoms with Crippen molar-refractivity contribution in [1.29, 1.82) is 0 Å². The summed E-state index contributed by atoms with van der Waals surface area (Å²) in [5, 5.41) is 0.299. The Morgan fingerprint density at radius 2 is 2.14 bits per heavy atom. The molecule has 0 bridgehead atoms. The lowest BCUT2D eigenvalue weighted by molar-refractivity contribution is 0.302. The van der Waals surface area contributed by atoms with Crippen LogP contribution in [0.5, 0.6) is 5.88 Å². The molecule has 0 aliphatic heterocycles. The quantitative estimate of drug-likeness (QED) is 0.654. The molecule has 0 spiro atoms. The maximum atomic E-state index is 5.93. The van der Waals surface area contributed by atoms with E-state index in [9.17, 15) is 0 Å². The van der Waals surface area contributed by atoms with Crippen LogP contribution in [0.4, 0.5) is 0 Å². The second-order valence-electron chi connectivity index (χ2n) is 4.94. The van der Waals surface area contributed by atoms with Crippen LogP contribution in [0, 0.1) is 5.92 Å². The molecule has 1 rings (SSSR count). The number of hydrogen-bond acceptors (Lipinski definition) is 4. The number of aromatic nitrogens is 2. The zero-order valence-electron chi connectivity index (χ0n) is 13.3. The molecule has 5 heteroatoms. The van der Waals surface area contributed by atoms with E-state index >= 15 is 0 Å². The Balaban J connectivity index is 2.70. The number of allylic oxidation sites excluding steroid dienone is 1. The Hall–Kier alpha value is -1.42. The van der Waals surface area contributed by atoms with E-state index in [1.165, 1.54) is 5.57 Å². The topological polar surface area (TPSA) is 47.4 Å². The number of nitrogens with zero attached hydrogens (tertiary/aromatic N) is 3. The SMILES string of the molecule is CC=N/C(C)=C(/CCOc1nccnc1Cl)C(C)CCC. The molecule has 0 saturated carbocycles. The van der Waals surface area contributed by atoms with Crippen molar-refractivity contribution >= 4 is 17.8 Å². The molecule has 1 unspecified atom stereocenters. The molecule has 0 aliphatic rings. The third-order valence-corrected chi connectivity index (χ3v) is 3.60. The van der Waals surface area contributed by atoms with Crippen molar-refractivity contribution in [2.45, 2.75) is 47.0 Å². The van der Waals surface area contributed by atoms with Crippen LogP contribution in [0.1, 0.15) is 47.0 Å². The molecule has 0 N–H and O–H groups in total. The molecule has 1 aromatic rings. The van der Waals surface area contributed by atoms with Crippen LogP contribution in [0.3, 0.4) is 0 Å². The molecule has 0 aromatic carbocycles. The first-order valence-electron chi connectivity index (χ1n) is 7.37. The zero-order valence-corrected chi connectivity index (χ0v) is 14.0. The molecule has 0 aliphatic carbocycles. The van der Waals surface area contributed by atoms with Crippen LogP contribution < -0.4 is 4.74 Å². The van der Waals surface area contributed by atoms with Crippen molar-refractivity contribution in [3.05, 3.63) is 28.8 Å². The first-order valence-corrected chi connectivity index (χ1v) is 7.75. The van der Waals surface area contributed by atoms with E-state index in [1.54, 1.807) is 12.4 Å². The first kappa shape index (κ1) is 17.6. The highest BCUT2D eigenvalue weighted by Crippen LogP contribution is 2.25. The molecule has 0 amide bonds. The normalized spacial score (nSPS) is 14.1. The van der Waals surface area contributed by atoms with Crippen molar-refractivity contribution < 1.29 is 4.74 Å². The van der Waals surface area contributed by atoms with E-state index < -0.39 is 0 Å². The Labute approximate surface area is 132 Å². The van der Waals surface area contributed by atoms with Gasteiger partial charge >= 0.3 is 0 Å². The predicted octanol–water partition coefficient (Wildman–Crippen LogP) is 4.70. The molecule has 0 radical (unpaired) electrons. The average molecular weight is 310 g/mol. The lowest BCUT2D eigenvalue weighted by atomic mass is 9.92. The van der Waals surface area contributed by atoms with Crippen molar-refractivity contribution in [1.82, 2.24) is 9.97 Å². The second kappa shape index (κ2) is 9.50. The van der Waals surface area contributed by atoms with E-state index in [0.717, 1.165) is 25.0 Å². The molecule has 0 saturated heterocycles. The van der Waals surface area contributed by atoms with Gasteiger partial charge in [0.2, 0.25) is 0 Å².